The zero-order chi connectivity index (χ0) is 19.6. The largest absolute Gasteiger partial charge is 0.490 e. The van der Waals surface area contributed by atoms with Crippen LogP contribution in [0.2, 0.25) is 0 Å². The topological polar surface area (TPSA) is 65.4 Å². The van der Waals surface area contributed by atoms with E-state index in [1.165, 1.54) is 12.1 Å². The van der Waals surface area contributed by atoms with Crippen LogP contribution in [0, 0.1) is 6.92 Å². The highest BCUT2D eigenvalue weighted by molar-refractivity contribution is 5.91. The van der Waals surface area contributed by atoms with E-state index in [1.54, 1.807) is 31.3 Å². The van der Waals surface area contributed by atoms with E-state index in [2.05, 4.69) is 15.2 Å². The van der Waals surface area contributed by atoms with E-state index in [4.69, 9.17) is 4.74 Å². The fourth-order valence-electron chi connectivity index (χ4n) is 2.36. The van der Waals surface area contributed by atoms with Crippen LogP contribution in [0.25, 0.3) is 6.08 Å². The third kappa shape index (κ3) is 7.08. The third-order valence-electron chi connectivity index (χ3n) is 3.54. The van der Waals surface area contributed by atoms with Crippen LogP contribution >= 0.6 is 0 Å². The average Bonchev–Trinajstić information content (AvgIpc) is 3.04. The molecule has 27 heavy (non-hydrogen) atoms. The molecule has 6 nitrogen and oxygen atoms in total. The minimum Gasteiger partial charge on any atom is -0.490 e. The highest BCUT2D eigenvalue weighted by Gasteiger charge is 2.11. The molecule has 0 radical (unpaired) electrons. The Balaban J connectivity index is 1.84. The molecule has 0 aliphatic heterocycles. The molecule has 1 N–H and O–H groups in total. The van der Waals surface area contributed by atoms with Crippen LogP contribution < -0.4 is 14.8 Å². The average molecular weight is 379 g/mol. The molecule has 2 rings (SSSR count). The molecule has 8 heteroatoms. The number of ether oxygens (including phenoxy) is 2. The lowest BCUT2D eigenvalue weighted by Crippen LogP contribution is -2.23. The van der Waals surface area contributed by atoms with Gasteiger partial charge in [-0.25, -0.2) is 0 Å². The van der Waals surface area contributed by atoms with Gasteiger partial charge >= 0.3 is 6.61 Å². The highest BCUT2D eigenvalue weighted by Crippen LogP contribution is 2.30. The van der Waals surface area contributed by atoms with Gasteiger partial charge in [0, 0.05) is 25.4 Å². The molecule has 0 fully saturated rings. The second-order valence-corrected chi connectivity index (χ2v) is 5.78. The third-order valence-corrected chi connectivity index (χ3v) is 3.54. The zero-order valence-corrected chi connectivity index (χ0v) is 15.3. The van der Waals surface area contributed by atoms with Crippen molar-refractivity contribution in [3.63, 3.8) is 0 Å². The number of hydrogen-bond donors (Lipinski definition) is 1. The van der Waals surface area contributed by atoms with Crippen molar-refractivity contribution in [2.75, 3.05) is 13.2 Å². The molecule has 1 aromatic heterocycles. The molecule has 0 aliphatic rings. The smallest absolute Gasteiger partial charge is 0.387 e. The highest BCUT2D eigenvalue weighted by atomic mass is 19.3. The normalized spacial score (nSPS) is 11.1. The predicted molar refractivity (Wildman–Crippen MR) is 97.9 cm³/mol. The minimum absolute atomic E-state index is 0.0395. The maximum atomic E-state index is 12.4. The molecule has 1 amide bonds. The van der Waals surface area contributed by atoms with E-state index in [9.17, 15) is 13.6 Å². The summed E-state index contributed by atoms with van der Waals surface area (Å²) in [6, 6.07) is 4.51. The first-order valence-corrected chi connectivity index (χ1v) is 8.64. The lowest BCUT2D eigenvalue weighted by Gasteiger charge is -2.11. The van der Waals surface area contributed by atoms with Crippen LogP contribution in [0.5, 0.6) is 11.5 Å². The van der Waals surface area contributed by atoms with E-state index in [-0.39, 0.29) is 17.4 Å². The van der Waals surface area contributed by atoms with Gasteiger partial charge in [0.1, 0.15) is 0 Å². The first-order valence-electron chi connectivity index (χ1n) is 8.64. The van der Waals surface area contributed by atoms with Crippen LogP contribution in [0.4, 0.5) is 8.78 Å². The van der Waals surface area contributed by atoms with Crippen LogP contribution in [-0.2, 0) is 11.3 Å². The first-order chi connectivity index (χ1) is 13.0. The summed E-state index contributed by atoms with van der Waals surface area (Å²) < 4.78 is 36.4. The summed E-state index contributed by atoms with van der Waals surface area (Å²) in [6.07, 6.45) is 7.46. The molecule has 0 spiro atoms. The number of rotatable bonds is 10. The lowest BCUT2D eigenvalue weighted by atomic mass is 10.2. The fraction of sp³-hybridized carbons (Fsp3) is 0.368. The standard InChI is InChI=1S/C19H23F2N3O3/c1-3-26-17-11-15(5-7-16(17)27-19(20)21)6-8-18(25)22-9-4-10-24-13-14(2)12-23-24/h5-8,11-13,19H,3-4,9-10H2,1-2H3,(H,22,25)/b8-6-. The Morgan fingerprint density at radius 1 is 1.37 bits per heavy atom. The van der Waals surface area contributed by atoms with Crippen molar-refractivity contribution in [2.24, 2.45) is 0 Å². The van der Waals surface area contributed by atoms with Crippen molar-refractivity contribution in [3.05, 3.63) is 47.8 Å². The SMILES string of the molecule is CCOc1cc(/C=C\C(=O)NCCCn2cc(C)cn2)ccc1OC(F)F. The van der Waals surface area contributed by atoms with E-state index < -0.39 is 6.61 Å². The van der Waals surface area contributed by atoms with E-state index >= 15 is 0 Å². The number of nitrogens with zero attached hydrogens (tertiary/aromatic N) is 2. The van der Waals surface area contributed by atoms with Gasteiger partial charge in [0.25, 0.3) is 0 Å². The molecule has 1 aromatic carbocycles. The number of nitrogens with one attached hydrogen (secondary N) is 1. The van der Waals surface area contributed by atoms with Gasteiger partial charge in [-0.05, 0) is 49.6 Å². The second-order valence-electron chi connectivity index (χ2n) is 5.78. The Bertz CT molecular complexity index is 775. The number of benzene rings is 1. The van der Waals surface area contributed by atoms with Crippen LogP contribution in [0.1, 0.15) is 24.5 Å². The van der Waals surface area contributed by atoms with E-state index in [1.807, 2.05) is 17.8 Å². The molecule has 0 aliphatic carbocycles. The van der Waals surface area contributed by atoms with Crippen LogP contribution in [0.15, 0.2) is 36.7 Å². The van der Waals surface area contributed by atoms with Gasteiger partial charge in [-0.1, -0.05) is 6.07 Å². The second kappa shape index (κ2) is 10.3. The summed E-state index contributed by atoms with van der Waals surface area (Å²) >= 11 is 0. The van der Waals surface area contributed by atoms with Crippen molar-refractivity contribution in [2.45, 2.75) is 33.4 Å². The van der Waals surface area contributed by atoms with Gasteiger partial charge in [0.15, 0.2) is 11.5 Å². The van der Waals surface area contributed by atoms with E-state index in [0.717, 1.165) is 18.5 Å². The number of halogens is 2. The maximum Gasteiger partial charge on any atom is 0.387 e. The molecule has 0 atom stereocenters. The summed E-state index contributed by atoms with van der Waals surface area (Å²) in [7, 11) is 0. The van der Waals surface area contributed by atoms with Gasteiger partial charge in [-0.15, -0.1) is 0 Å². The molecule has 0 bridgehead atoms. The summed E-state index contributed by atoms with van der Waals surface area (Å²) in [5, 5.41) is 6.96. The molecular formula is C19H23F2N3O3. The quantitative estimate of drug-likeness (QED) is 0.508. The zero-order valence-electron chi connectivity index (χ0n) is 15.3. The number of aromatic nitrogens is 2. The maximum absolute atomic E-state index is 12.4. The van der Waals surface area contributed by atoms with Gasteiger partial charge in [-0.2, -0.15) is 13.9 Å². The van der Waals surface area contributed by atoms with Crippen LogP contribution in [0.3, 0.4) is 0 Å². The minimum atomic E-state index is -2.93. The Hall–Kier alpha value is -2.90. The summed E-state index contributed by atoms with van der Waals surface area (Å²) in [6.45, 7) is 2.34. The van der Waals surface area contributed by atoms with Crippen molar-refractivity contribution in [1.29, 1.82) is 0 Å². The molecule has 2 aromatic rings. The molecular weight excluding hydrogens is 356 g/mol. The Morgan fingerprint density at radius 3 is 2.85 bits per heavy atom. The number of alkyl halides is 2. The Morgan fingerprint density at radius 2 is 2.19 bits per heavy atom. The first kappa shape index (κ1) is 20.4. The van der Waals surface area contributed by atoms with E-state index in [0.29, 0.717) is 18.7 Å². The predicted octanol–water partition coefficient (Wildman–Crippen LogP) is 3.41. The number of hydrogen-bond acceptors (Lipinski definition) is 4. The molecule has 0 saturated heterocycles. The van der Waals surface area contributed by atoms with Gasteiger partial charge in [0.2, 0.25) is 5.91 Å². The fourth-order valence-corrected chi connectivity index (χ4v) is 2.36. The van der Waals surface area contributed by atoms with Gasteiger partial charge < -0.3 is 14.8 Å². The van der Waals surface area contributed by atoms with Crippen molar-refractivity contribution in [3.8, 4) is 11.5 Å². The number of aryl methyl sites for hydroxylation is 2. The van der Waals surface area contributed by atoms with Crippen molar-refractivity contribution >= 4 is 12.0 Å². The molecule has 0 unspecified atom stereocenters. The summed E-state index contributed by atoms with van der Waals surface area (Å²) in [4.78, 5) is 11.9. The summed E-state index contributed by atoms with van der Waals surface area (Å²) in [5.41, 5.74) is 1.74. The van der Waals surface area contributed by atoms with Gasteiger partial charge in [0.05, 0.1) is 12.8 Å². The number of carbonyl (C=O) groups is 1. The number of carbonyl (C=O) groups excluding carboxylic acids is 1. The summed E-state index contributed by atoms with van der Waals surface area (Å²) in [5.74, 6) is -0.0744. The monoisotopic (exact) mass is 379 g/mol. The van der Waals surface area contributed by atoms with Crippen LogP contribution in [-0.4, -0.2) is 35.5 Å². The Labute approximate surface area is 156 Å². The van der Waals surface area contributed by atoms with Crippen molar-refractivity contribution < 1.29 is 23.0 Å². The van der Waals surface area contributed by atoms with Crippen molar-refractivity contribution in [1.82, 2.24) is 15.1 Å². The Kier molecular flexibility index (Phi) is 7.79. The molecule has 1 heterocycles. The molecule has 0 saturated carbocycles. The van der Waals surface area contributed by atoms with Gasteiger partial charge in [-0.3, -0.25) is 9.48 Å². The lowest BCUT2D eigenvalue weighted by molar-refractivity contribution is -0.116. The number of amides is 1. The molecule has 146 valence electrons.